The molecule has 1 aliphatic carbocycles. The number of fused-ring (bicyclic) bond motifs is 2. The van der Waals surface area contributed by atoms with Gasteiger partial charge in [-0.15, -0.1) is 0 Å². The highest BCUT2D eigenvalue weighted by Gasteiger charge is 2.52. The lowest BCUT2D eigenvalue weighted by Gasteiger charge is -2.52. The van der Waals surface area contributed by atoms with Gasteiger partial charge in [-0.05, 0) is 92.6 Å². The monoisotopic (exact) mass is 461 g/mol. The molecule has 1 amide bonds. The van der Waals surface area contributed by atoms with Gasteiger partial charge in [0.05, 0.1) is 11.5 Å². The zero-order valence-corrected chi connectivity index (χ0v) is 19.5. The molecule has 0 radical (unpaired) electrons. The van der Waals surface area contributed by atoms with Gasteiger partial charge in [-0.2, -0.15) is 0 Å². The summed E-state index contributed by atoms with van der Waals surface area (Å²) >= 11 is 3.72. The Morgan fingerprint density at radius 2 is 1.90 bits per heavy atom. The third kappa shape index (κ3) is 3.79. The molecule has 4 rings (SSSR count). The Morgan fingerprint density at radius 3 is 2.52 bits per heavy atom. The number of halogens is 1. The molecule has 0 aromatic heterocycles. The highest BCUT2D eigenvalue weighted by molar-refractivity contribution is 9.10. The van der Waals surface area contributed by atoms with Crippen molar-refractivity contribution in [2.45, 2.75) is 63.8 Å². The Kier molecular flexibility index (Phi) is 6.38. The fourth-order valence-corrected chi connectivity index (χ4v) is 6.63. The van der Waals surface area contributed by atoms with E-state index in [4.69, 9.17) is 5.73 Å². The van der Waals surface area contributed by atoms with Gasteiger partial charge in [-0.3, -0.25) is 4.79 Å². The molecule has 5 heteroatoms. The molecule has 3 aliphatic rings. The molecule has 3 N–H and O–H groups in total. The third-order valence-corrected chi connectivity index (χ3v) is 8.38. The fourth-order valence-electron chi connectivity index (χ4n) is 6.25. The third-order valence-electron chi connectivity index (χ3n) is 7.89. The number of piperidine rings is 1. The van der Waals surface area contributed by atoms with Crippen LogP contribution in [0.15, 0.2) is 22.7 Å². The van der Waals surface area contributed by atoms with Gasteiger partial charge in [-0.25, -0.2) is 0 Å². The molecule has 160 valence electrons. The molecule has 29 heavy (non-hydrogen) atoms. The number of rotatable bonds is 4. The zero-order valence-electron chi connectivity index (χ0n) is 17.9. The van der Waals surface area contributed by atoms with Crippen LogP contribution in [0.1, 0.15) is 69.5 Å². The van der Waals surface area contributed by atoms with Crippen molar-refractivity contribution in [3.63, 3.8) is 0 Å². The molecule has 2 heterocycles. The summed E-state index contributed by atoms with van der Waals surface area (Å²) in [5.41, 5.74) is 8.32. The molecule has 1 atom stereocenters. The number of nitrogens with two attached hydrogens (primary N) is 1. The molecule has 1 spiro atoms. The van der Waals surface area contributed by atoms with E-state index in [1.54, 1.807) is 0 Å². The largest absolute Gasteiger partial charge is 0.333 e. The number of nitrogens with zero attached hydrogens (tertiary/aromatic N) is 1. The van der Waals surface area contributed by atoms with Crippen LogP contribution < -0.4 is 11.1 Å². The van der Waals surface area contributed by atoms with E-state index in [0.717, 1.165) is 42.2 Å². The molecular formula is C24H36BrN3O. The second-order valence-corrected chi connectivity index (χ2v) is 10.6. The van der Waals surface area contributed by atoms with Crippen LogP contribution in [0.5, 0.6) is 0 Å². The van der Waals surface area contributed by atoms with E-state index in [0.29, 0.717) is 24.9 Å². The number of benzene rings is 1. The highest BCUT2D eigenvalue weighted by atomic mass is 79.9. The van der Waals surface area contributed by atoms with Gasteiger partial charge in [0, 0.05) is 17.6 Å². The summed E-state index contributed by atoms with van der Waals surface area (Å²) in [6.07, 6.45) is 6.75. The van der Waals surface area contributed by atoms with Crippen LogP contribution >= 0.6 is 15.9 Å². The van der Waals surface area contributed by atoms with Crippen molar-refractivity contribution in [3.05, 3.63) is 33.8 Å². The van der Waals surface area contributed by atoms with Crippen LogP contribution in [-0.2, 0) is 10.2 Å². The van der Waals surface area contributed by atoms with Crippen molar-refractivity contribution in [1.82, 2.24) is 10.2 Å². The van der Waals surface area contributed by atoms with Crippen LogP contribution in [0.2, 0.25) is 0 Å². The van der Waals surface area contributed by atoms with Crippen LogP contribution in [0.25, 0.3) is 0 Å². The fraction of sp³-hybridized carbons (Fsp3) is 0.708. The number of amides is 1. The van der Waals surface area contributed by atoms with Gasteiger partial charge < -0.3 is 16.0 Å². The first kappa shape index (κ1) is 21.3. The zero-order chi connectivity index (χ0) is 20.6. The van der Waals surface area contributed by atoms with E-state index < -0.39 is 0 Å². The van der Waals surface area contributed by atoms with Crippen LogP contribution in [0.3, 0.4) is 0 Å². The van der Waals surface area contributed by atoms with Crippen molar-refractivity contribution < 1.29 is 4.79 Å². The lowest BCUT2D eigenvalue weighted by Crippen LogP contribution is -2.58. The predicted molar refractivity (Wildman–Crippen MR) is 122 cm³/mol. The minimum Gasteiger partial charge on any atom is -0.333 e. The Balaban J connectivity index is 1.76. The Bertz CT molecular complexity index is 736. The molecule has 1 aromatic rings. The maximum absolute atomic E-state index is 14.0. The summed E-state index contributed by atoms with van der Waals surface area (Å²) in [5.74, 6) is 2.44. The van der Waals surface area contributed by atoms with Crippen molar-refractivity contribution >= 4 is 21.8 Å². The van der Waals surface area contributed by atoms with E-state index in [-0.39, 0.29) is 11.5 Å². The quantitative estimate of drug-likeness (QED) is 0.699. The lowest BCUT2D eigenvalue weighted by molar-refractivity contribution is -0.145. The number of carbonyl (C=O) groups excluding carboxylic acids is 1. The second-order valence-electron chi connectivity index (χ2n) is 9.71. The molecule has 1 saturated carbocycles. The molecule has 0 bridgehead atoms. The summed E-state index contributed by atoms with van der Waals surface area (Å²) < 4.78 is 1.11. The normalized spacial score (nSPS) is 29.3. The van der Waals surface area contributed by atoms with E-state index in [9.17, 15) is 4.79 Å². The van der Waals surface area contributed by atoms with Crippen molar-refractivity contribution in [2.75, 3.05) is 26.2 Å². The van der Waals surface area contributed by atoms with Crippen molar-refractivity contribution in [3.8, 4) is 0 Å². The van der Waals surface area contributed by atoms with Gasteiger partial charge >= 0.3 is 0 Å². The average Bonchev–Trinajstić information content (AvgIpc) is 2.73. The Morgan fingerprint density at radius 1 is 1.21 bits per heavy atom. The first-order valence-electron chi connectivity index (χ1n) is 11.5. The van der Waals surface area contributed by atoms with Gasteiger partial charge in [0.15, 0.2) is 0 Å². The second kappa shape index (κ2) is 8.68. The lowest BCUT2D eigenvalue weighted by atomic mass is 9.64. The van der Waals surface area contributed by atoms with E-state index in [1.165, 1.54) is 36.8 Å². The van der Waals surface area contributed by atoms with E-state index in [1.807, 2.05) is 0 Å². The molecule has 1 saturated heterocycles. The number of nitrogens with one attached hydrogen (secondary N) is 1. The smallest absolute Gasteiger partial charge is 0.233 e. The molecule has 2 fully saturated rings. The molecule has 1 unspecified atom stereocenters. The van der Waals surface area contributed by atoms with Crippen LogP contribution in [0, 0.1) is 17.8 Å². The van der Waals surface area contributed by atoms with E-state index >= 15 is 0 Å². The maximum atomic E-state index is 14.0. The molecule has 2 aliphatic heterocycles. The molecule has 1 aromatic carbocycles. The van der Waals surface area contributed by atoms with Gasteiger partial charge in [0.1, 0.15) is 0 Å². The van der Waals surface area contributed by atoms with Gasteiger partial charge in [0.25, 0.3) is 0 Å². The highest BCUT2D eigenvalue weighted by Crippen LogP contribution is 2.51. The van der Waals surface area contributed by atoms with Crippen LogP contribution in [0.4, 0.5) is 0 Å². The SMILES string of the molecule is CC(C)[C@H]1CC[C@@H](C2c3cc(Br)ccc3C3(CCNCC3)C(=O)N2CCN)CC1. The standard InChI is InChI=1S/C24H36BrN3O/c1-16(2)17-3-5-18(6-4-17)22-20-15-19(25)7-8-21(20)24(9-12-27-13-10-24)23(29)28(22)14-11-26/h7-8,15-18,22,27H,3-6,9-14,26H2,1-2H3/t17-,18+,22?. The maximum Gasteiger partial charge on any atom is 0.233 e. The van der Waals surface area contributed by atoms with E-state index in [2.05, 4.69) is 58.2 Å². The number of hydrogen-bond donors (Lipinski definition) is 2. The van der Waals surface area contributed by atoms with Crippen molar-refractivity contribution in [1.29, 1.82) is 0 Å². The summed E-state index contributed by atoms with van der Waals surface area (Å²) in [6, 6.07) is 6.83. The summed E-state index contributed by atoms with van der Waals surface area (Å²) in [7, 11) is 0. The molecule has 4 nitrogen and oxygen atoms in total. The first-order valence-corrected chi connectivity index (χ1v) is 12.3. The topological polar surface area (TPSA) is 58.4 Å². The predicted octanol–water partition coefficient (Wildman–Crippen LogP) is 4.37. The Labute approximate surface area is 184 Å². The van der Waals surface area contributed by atoms with Crippen LogP contribution in [-0.4, -0.2) is 37.0 Å². The molecular weight excluding hydrogens is 426 g/mol. The average molecular weight is 462 g/mol. The number of hydrogen-bond acceptors (Lipinski definition) is 3. The first-order chi connectivity index (χ1) is 14.0. The summed E-state index contributed by atoms with van der Waals surface area (Å²) in [5, 5.41) is 3.45. The summed E-state index contributed by atoms with van der Waals surface area (Å²) in [4.78, 5) is 16.2. The Hall–Kier alpha value is -0.910. The van der Waals surface area contributed by atoms with Crippen molar-refractivity contribution in [2.24, 2.45) is 23.5 Å². The minimum absolute atomic E-state index is 0.173. The minimum atomic E-state index is -0.373. The summed E-state index contributed by atoms with van der Waals surface area (Å²) in [6.45, 7) is 7.70. The van der Waals surface area contributed by atoms with Gasteiger partial charge in [0.2, 0.25) is 5.91 Å². The number of carbonyl (C=O) groups is 1. The van der Waals surface area contributed by atoms with Gasteiger partial charge in [-0.1, -0.05) is 35.8 Å².